The lowest BCUT2D eigenvalue weighted by Crippen LogP contribution is -2.41. The molecule has 40 nitrogen and oxygen atoms in total. The molecule has 3 saturated heterocycles. The fourth-order valence-electron chi connectivity index (χ4n) is 14.8. The topological polar surface area (TPSA) is 604 Å². The number of rotatable bonds is 19. The summed E-state index contributed by atoms with van der Waals surface area (Å²) in [4.78, 5) is 157. The fraction of sp³-hybridized carbons (Fsp3) is 0.307. The predicted molar refractivity (Wildman–Crippen MR) is 521 cm³/mol. The van der Waals surface area contributed by atoms with Crippen LogP contribution in [0.15, 0.2) is 122 Å². The molecule has 1 unspecified atom stereocenters. The average Bonchev–Trinajstić information content (AvgIpc) is 1.63. The molecule has 15 aromatic rings. The highest BCUT2D eigenvalue weighted by Crippen LogP contribution is 2.31. The number of morpholine rings is 1. The van der Waals surface area contributed by atoms with E-state index in [2.05, 4.69) is 126 Å². The molecule has 21 N–H and O–H groups in total. The molecule has 4 aliphatic rings. The van der Waals surface area contributed by atoms with Crippen LogP contribution in [0.5, 0.6) is 0 Å². The van der Waals surface area contributed by atoms with Crippen molar-refractivity contribution in [1.82, 2.24) is 131 Å². The number of carbonyl (C=O) groups is 6. The Morgan fingerprint density at radius 3 is 1.06 bits per heavy atom. The van der Waals surface area contributed by atoms with Gasteiger partial charge in [-0.05, 0) is 181 Å². The van der Waals surface area contributed by atoms with E-state index < -0.39 is 11.8 Å². The van der Waals surface area contributed by atoms with Crippen LogP contribution in [0.3, 0.4) is 0 Å². The van der Waals surface area contributed by atoms with E-state index in [9.17, 15) is 28.8 Å². The van der Waals surface area contributed by atoms with E-state index in [0.29, 0.717) is 104 Å². The summed E-state index contributed by atoms with van der Waals surface area (Å²) >= 11 is 0. The molecule has 4 fully saturated rings. The Balaban J connectivity index is -0.000000838. The van der Waals surface area contributed by atoms with Crippen LogP contribution in [0, 0.1) is 40.5 Å². The van der Waals surface area contributed by atoms with Crippen molar-refractivity contribution in [2.45, 2.75) is 92.1 Å². The molecule has 19 rings (SSSR count). The monoisotopic (exact) mass is 1770 g/mol. The number of nitrogens with two attached hydrogens (primary N) is 6. The van der Waals surface area contributed by atoms with Gasteiger partial charge in [-0.3, -0.25) is 28.8 Å². The van der Waals surface area contributed by atoms with Crippen LogP contribution in [0.4, 0.5) is 29.1 Å². The van der Waals surface area contributed by atoms with E-state index in [0.717, 1.165) is 122 Å². The zero-order chi connectivity index (χ0) is 89.6. The number of amides is 6. The number of benzene rings is 5. The summed E-state index contributed by atoms with van der Waals surface area (Å²) in [6.07, 6.45) is 16.2. The Bertz CT molecular complexity index is 6530. The minimum atomic E-state index is -0.653. The summed E-state index contributed by atoms with van der Waals surface area (Å²) in [6.45, 7) is 17.4. The lowest BCUT2D eigenvalue weighted by Gasteiger charge is -2.26. The van der Waals surface area contributed by atoms with Crippen molar-refractivity contribution in [1.29, 1.82) is 0 Å². The number of nitrogen functional groups attached to an aromatic ring is 5. The van der Waals surface area contributed by atoms with Crippen LogP contribution in [0.2, 0.25) is 0 Å². The molecule has 6 amide bonds. The van der Waals surface area contributed by atoms with Gasteiger partial charge >= 0.3 is 0 Å². The molecule has 40 heteroatoms. The molecular formula is C88H134N32O8. The zero-order valence-corrected chi connectivity index (χ0v) is 71.2. The molecular weight excluding hydrogens is 1630 g/mol. The Morgan fingerprint density at radius 1 is 0.391 bits per heavy atom. The Labute approximate surface area is 758 Å². The number of aryl methyl sites for hydroxylation is 5. The second-order valence-electron chi connectivity index (χ2n) is 31.5. The summed E-state index contributed by atoms with van der Waals surface area (Å²) in [5.41, 5.74) is 51.5. The van der Waals surface area contributed by atoms with Gasteiger partial charge in [0.05, 0.1) is 112 Å². The molecule has 0 bridgehead atoms. The minimum Gasteiger partial charge on any atom is -0.382 e. The number of nitrogens with one attached hydrogen (secondary N) is 9. The zero-order valence-electron chi connectivity index (χ0n) is 71.2. The number of likely N-dealkylation sites (tertiary alicyclic amines) is 1. The number of aromatic amines is 5. The van der Waals surface area contributed by atoms with Crippen molar-refractivity contribution in [3.63, 3.8) is 0 Å². The molecule has 3 aliphatic heterocycles. The second kappa shape index (κ2) is 39.6. The number of carbonyl (C=O) groups excluding carboxylic acids is 6. The first-order valence-electron chi connectivity index (χ1n) is 41.9. The van der Waals surface area contributed by atoms with Crippen LogP contribution in [-0.4, -0.2) is 230 Å². The molecule has 10 aromatic heterocycles. The number of hydrogen-bond acceptors (Lipinski definition) is 29. The summed E-state index contributed by atoms with van der Waals surface area (Å²) in [5.74, 6) is 1.87. The third kappa shape index (κ3) is 21.5. The first kappa shape index (κ1) is 87.5. The Morgan fingerprint density at radius 2 is 0.719 bits per heavy atom. The number of imidazole rings is 5. The highest BCUT2D eigenvalue weighted by molar-refractivity contribution is 5.98. The summed E-state index contributed by atoms with van der Waals surface area (Å²) in [7, 11) is 0. The van der Waals surface area contributed by atoms with Gasteiger partial charge in [0.15, 0.2) is 58.2 Å². The first-order chi connectivity index (χ1) is 61.8. The summed E-state index contributed by atoms with van der Waals surface area (Å²) in [5, 5.41) is 11.0. The van der Waals surface area contributed by atoms with E-state index in [1.807, 2.05) is 126 Å². The summed E-state index contributed by atoms with van der Waals surface area (Å²) < 4.78 is 10.8. The SMILES string of the molecule is Cc1ccc2nc(-c3nc(C(=O)N4CCOCC4)cnc3N)[nH]c2c1.Cc1ccc2nc(-c3nc(C(=O)NCC(N)=O)cnc3N)[nH]c2c1.Cc1ccc2nc(-c3nc(C(=O)NCC4CCCC4)cnc3N)[nH]c2c1.Cc1ccc2nc(-c3nc(C(=O)NCC4CCCO4)cnc3N)[nH]c2c1.Cc1ccc2nc(-c3nc(C(=O)NCCN4CCCC4)cnc3N)[nH]c2c1.[HH].[HH].[HH].[HH].[HH].[HH].[HH].[HH].[HH].[HH].[HH].[HH].[HH].[HH].[HH].[HH].[HH].[HH]. The molecule has 0 radical (unpaired) electrons. The predicted octanol–water partition coefficient (Wildman–Crippen LogP) is 12.3. The van der Waals surface area contributed by atoms with Gasteiger partial charge in [-0.1, -0.05) is 43.2 Å². The van der Waals surface area contributed by atoms with Gasteiger partial charge in [0, 0.05) is 71.6 Å². The highest BCUT2D eigenvalue weighted by atomic mass is 16.5. The van der Waals surface area contributed by atoms with Crippen molar-refractivity contribution < 1.29 is 63.9 Å². The third-order valence-corrected chi connectivity index (χ3v) is 21.6. The molecule has 13 heterocycles. The van der Waals surface area contributed by atoms with Gasteiger partial charge in [0.2, 0.25) is 5.91 Å². The number of hydrogen-bond donors (Lipinski definition) is 15. The maximum Gasteiger partial charge on any atom is 0.274 e. The number of anilines is 5. The van der Waals surface area contributed by atoms with E-state index in [-0.39, 0.29) is 125 Å². The van der Waals surface area contributed by atoms with Crippen molar-refractivity contribution in [2.75, 3.05) is 107 Å². The fourth-order valence-corrected chi connectivity index (χ4v) is 14.8. The number of nitrogens with zero attached hydrogens (tertiary/aromatic N) is 17. The standard InChI is InChI=1S/C19H23N7O.C19H22N6O.C18H20N6O2.C17H18N6O2.C15H15N7O2.18H2/c1-12-4-5-13-14(10-12)25-18(24-13)16-17(20)22-11-15(23-16)19(27)21-6-9-26-7-2-3-8-26;1-11-6-7-13-14(8-11)25-18(24-13)16-17(20)21-10-15(23-16)19(26)22-9-12-4-2-3-5-12;1-10-4-5-12-13(7-10)24-17(23-12)15-16(19)20-9-14(22-15)18(25)21-8-11-3-2-6-26-11;1-10-2-3-11-12(8-10)22-16(21-11)14-15(18)19-9-13(20-14)17(24)23-4-6-25-7-5-23;1-7-2-3-8-9(4-7)22-14(21-8)12-13(17)18-5-10(20-12)15(24)19-6-11(16)23;;;;;;;;;;;;;;;;;;/h4-5,10-11H,2-3,6-9H2,1H3,(H2,20,22)(H,21,27)(H,24,25);6-8,10,12H,2-5,9H2,1H3,(H2,20,21)(H,22,26)(H,24,25);4-5,7,9,11H,2-3,6,8H2,1H3,(H2,19,20)(H,21,25)(H,23,24);2-3,8-9H,4-7H2,1H3,(H2,18,19)(H,21,22);2-5H,6H2,1H3,(H2,16,23)(H2,17,18)(H,19,24)(H,21,22);18*1H. The van der Waals surface area contributed by atoms with Gasteiger partial charge in [0.25, 0.3) is 29.5 Å². The van der Waals surface area contributed by atoms with Gasteiger partial charge in [-0.15, -0.1) is 0 Å². The Hall–Kier alpha value is -15.5. The van der Waals surface area contributed by atoms with E-state index >= 15 is 0 Å². The van der Waals surface area contributed by atoms with Gasteiger partial charge in [-0.25, -0.2) is 74.8 Å². The van der Waals surface area contributed by atoms with Crippen molar-refractivity contribution in [2.24, 2.45) is 11.7 Å². The Kier molecular flexibility index (Phi) is 27.1. The smallest absolute Gasteiger partial charge is 0.274 e. The van der Waals surface area contributed by atoms with E-state index in [4.69, 9.17) is 43.9 Å². The van der Waals surface area contributed by atoms with Crippen LogP contribution in [0.1, 0.15) is 157 Å². The molecule has 1 aliphatic carbocycles. The van der Waals surface area contributed by atoms with Crippen molar-refractivity contribution in [3.8, 4) is 57.6 Å². The first-order valence-corrected chi connectivity index (χ1v) is 41.9. The largest absolute Gasteiger partial charge is 0.382 e. The minimum absolute atomic E-state index is 0. The van der Waals surface area contributed by atoms with E-state index in [1.54, 1.807) is 4.90 Å². The maximum atomic E-state index is 12.6. The lowest BCUT2D eigenvalue weighted by molar-refractivity contribution is -0.117. The average molecular weight is 1770 g/mol. The lowest BCUT2D eigenvalue weighted by atomic mass is 10.1. The molecule has 1 saturated carbocycles. The van der Waals surface area contributed by atoms with Crippen LogP contribution >= 0.6 is 0 Å². The van der Waals surface area contributed by atoms with Crippen LogP contribution < -0.4 is 55.7 Å². The molecule has 694 valence electrons. The number of fused-ring (bicyclic) bond motifs is 5. The molecule has 0 spiro atoms. The van der Waals surface area contributed by atoms with E-state index in [1.165, 1.54) is 69.5 Å². The van der Waals surface area contributed by atoms with Gasteiger partial charge in [-0.2, -0.15) is 0 Å². The highest BCUT2D eigenvalue weighted by Gasteiger charge is 2.27. The molecule has 1 atom stereocenters. The number of H-pyrrole nitrogens is 5. The quantitative estimate of drug-likeness (QED) is 0.0357. The molecule has 5 aromatic carbocycles. The second-order valence-corrected chi connectivity index (χ2v) is 31.5. The van der Waals surface area contributed by atoms with Gasteiger partial charge in [0.1, 0.15) is 56.9 Å². The van der Waals surface area contributed by atoms with Crippen LogP contribution in [0.25, 0.3) is 113 Å². The number of primary amides is 1. The summed E-state index contributed by atoms with van der Waals surface area (Å²) in [6, 6.07) is 29.4. The third-order valence-electron chi connectivity index (χ3n) is 21.6. The number of aromatic nitrogens is 20. The van der Waals surface area contributed by atoms with Crippen LogP contribution in [-0.2, 0) is 14.3 Å². The number of ether oxygens (including phenoxy) is 2. The van der Waals surface area contributed by atoms with Crippen molar-refractivity contribution in [3.05, 3.63) is 178 Å². The normalized spacial score (nSPS) is 14.4. The maximum absolute atomic E-state index is 12.6. The van der Waals surface area contributed by atoms with Gasteiger partial charge < -0.3 is 99.9 Å². The molecule has 128 heavy (non-hydrogen) atoms. The van der Waals surface area contributed by atoms with Crippen molar-refractivity contribution >= 4 is 120 Å².